The van der Waals surface area contributed by atoms with Gasteiger partial charge in [-0.3, -0.25) is 0 Å². The van der Waals surface area contributed by atoms with Crippen LogP contribution >= 0.6 is 29.9 Å². The summed E-state index contributed by atoms with van der Waals surface area (Å²) in [6.45, 7) is -1.68. The third-order valence-electron chi connectivity index (χ3n) is 1.52. The molecule has 0 unspecified atom stereocenters. The molecular formula is C8H9Cl2O4PS. The van der Waals surface area contributed by atoms with Gasteiger partial charge in [0.05, 0.1) is 11.6 Å². The summed E-state index contributed by atoms with van der Waals surface area (Å²) in [7, 11) is 0. The molecule has 0 atom stereocenters. The predicted octanol–water partition coefficient (Wildman–Crippen LogP) is 2.98. The molecule has 1 rings (SSSR count). The van der Waals surface area contributed by atoms with Gasteiger partial charge in [-0.05, 0) is 19.1 Å². The molecule has 0 heterocycles. The first-order chi connectivity index (χ1) is 7.35. The summed E-state index contributed by atoms with van der Waals surface area (Å²) in [6, 6.07) is 2.86. The highest BCUT2D eigenvalue weighted by Gasteiger charge is 2.18. The van der Waals surface area contributed by atoms with Gasteiger partial charge in [-0.2, -0.15) is 0 Å². The van der Waals surface area contributed by atoms with Gasteiger partial charge in [0.1, 0.15) is 5.02 Å². The van der Waals surface area contributed by atoms with Crippen molar-refractivity contribution in [1.29, 1.82) is 0 Å². The monoisotopic (exact) mass is 302 g/mol. The highest BCUT2D eigenvalue weighted by Crippen LogP contribution is 2.46. The highest BCUT2D eigenvalue weighted by molar-refractivity contribution is 8.06. The van der Waals surface area contributed by atoms with E-state index in [9.17, 15) is 0 Å². The van der Waals surface area contributed by atoms with Crippen molar-refractivity contribution in [2.75, 3.05) is 6.61 Å². The molecule has 8 heteroatoms. The second kappa shape index (κ2) is 5.54. The summed E-state index contributed by atoms with van der Waals surface area (Å²) in [5, 5.41) is 0.370. The second-order valence-corrected chi connectivity index (χ2v) is 6.08. The number of ether oxygens (including phenoxy) is 1. The number of benzene rings is 1. The molecule has 1 aromatic rings. The van der Waals surface area contributed by atoms with Crippen LogP contribution in [0.3, 0.4) is 0 Å². The Morgan fingerprint density at radius 3 is 2.50 bits per heavy atom. The minimum Gasteiger partial charge on any atom is -0.491 e. The molecule has 0 amide bonds. The van der Waals surface area contributed by atoms with Crippen LogP contribution in [0.5, 0.6) is 11.5 Å². The first kappa shape index (κ1) is 14.0. The van der Waals surface area contributed by atoms with E-state index >= 15 is 0 Å². The summed E-state index contributed by atoms with van der Waals surface area (Å²) >= 11 is 16.1. The van der Waals surface area contributed by atoms with Gasteiger partial charge >= 0.3 is 6.72 Å². The molecule has 0 fully saturated rings. The van der Waals surface area contributed by atoms with E-state index in [-0.39, 0.29) is 16.5 Å². The lowest BCUT2D eigenvalue weighted by atomic mass is 10.3. The van der Waals surface area contributed by atoms with E-state index in [0.717, 1.165) is 0 Å². The van der Waals surface area contributed by atoms with E-state index in [4.69, 9.17) is 42.2 Å². The molecule has 0 spiro atoms. The van der Waals surface area contributed by atoms with Crippen LogP contribution in [0.1, 0.15) is 6.92 Å². The zero-order chi connectivity index (χ0) is 12.3. The van der Waals surface area contributed by atoms with Gasteiger partial charge in [0.2, 0.25) is 0 Å². The third-order valence-corrected chi connectivity index (χ3v) is 2.83. The zero-order valence-corrected chi connectivity index (χ0v) is 11.4. The molecule has 4 nitrogen and oxygen atoms in total. The molecule has 1 aromatic carbocycles. The van der Waals surface area contributed by atoms with Crippen molar-refractivity contribution in [1.82, 2.24) is 0 Å². The van der Waals surface area contributed by atoms with Crippen LogP contribution in [0, 0.1) is 0 Å². The van der Waals surface area contributed by atoms with Gasteiger partial charge in [-0.15, -0.1) is 0 Å². The Balaban J connectivity index is 3.13. The minimum atomic E-state index is -3.82. The van der Waals surface area contributed by atoms with E-state index in [1.54, 1.807) is 6.92 Å². The molecule has 16 heavy (non-hydrogen) atoms. The van der Waals surface area contributed by atoms with Gasteiger partial charge in [-0.1, -0.05) is 23.2 Å². The Morgan fingerprint density at radius 2 is 2.00 bits per heavy atom. The molecule has 0 radical (unpaired) electrons. The van der Waals surface area contributed by atoms with E-state index in [0.29, 0.717) is 11.6 Å². The number of rotatable bonds is 4. The smallest absolute Gasteiger partial charge is 0.375 e. The Morgan fingerprint density at radius 1 is 1.38 bits per heavy atom. The lowest BCUT2D eigenvalue weighted by Crippen LogP contribution is -1.96. The van der Waals surface area contributed by atoms with Crippen LogP contribution in [0.2, 0.25) is 10.0 Å². The standard InChI is InChI=1S/C8H9Cl2O4PS/c1-2-13-8-5(9)3-4-6(7(8)10)14-15(11,12)16/h3-4H,2H2,1H3,(H2,11,12,16). The van der Waals surface area contributed by atoms with Gasteiger partial charge in [0.15, 0.2) is 11.5 Å². The Labute approximate surface area is 108 Å². The van der Waals surface area contributed by atoms with E-state index < -0.39 is 6.72 Å². The molecule has 0 saturated carbocycles. The maximum Gasteiger partial charge on any atom is 0.375 e. The quantitative estimate of drug-likeness (QED) is 0.837. The van der Waals surface area contributed by atoms with E-state index in [2.05, 4.69) is 11.8 Å². The molecule has 2 N–H and O–H groups in total. The molecule has 0 aliphatic heterocycles. The van der Waals surface area contributed by atoms with Crippen molar-refractivity contribution in [2.24, 2.45) is 0 Å². The Bertz CT molecular complexity index is 434. The molecule has 0 aliphatic carbocycles. The normalized spacial score (nSPS) is 11.3. The second-order valence-electron chi connectivity index (χ2n) is 2.70. The Hall–Kier alpha value is -0.0300. The maximum absolute atomic E-state index is 9.01. The summed E-state index contributed by atoms with van der Waals surface area (Å²) in [5.41, 5.74) is 0. The van der Waals surface area contributed by atoms with E-state index in [1.807, 2.05) is 0 Å². The fourth-order valence-corrected chi connectivity index (χ4v) is 2.21. The SMILES string of the molecule is CCOc1c(Cl)ccc(OP(O)(O)=S)c1Cl. The van der Waals surface area contributed by atoms with Crippen molar-refractivity contribution >= 4 is 41.7 Å². The van der Waals surface area contributed by atoms with Gasteiger partial charge in [-0.25, -0.2) is 0 Å². The maximum atomic E-state index is 9.01. The predicted molar refractivity (Wildman–Crippen MR) is 67.0 cm³/mol. The van der Waals surface area contributed by atoms with Crippen LogP contribution < -0.4 is 9.26 Å². The lowest BCUT2D eigenvalue weighted by molar-refractivity contribution is 0.337. The zero-order valence-electron chi connectivity index (χ0n) is 8.18. The number of hydrogen-bond acceptors (Lipinski definition) is 3. The minimum absolute atomic E-state index is 0.0304. The summed E-state index contributed by atoms with van der Waals surface area (Å²) < 4.78 is 9.93. The van der Waals surface area contributed by atoms with Crippen LogP contribution in [-0.2, 0) is 11.8 Å². The van der Waals surface area contributed by atoms with Crippen molar-refractivity contribution in [2.45, 2.75) is 6.92 Å². The molecular weight excluding hydrogens is 294 g/mol. The highest BCUT2D eigenvalue weighted by atomic mass is 35.5. The average molecular weight is 303 g/mol. The first-order valence-corrected chi connectivity index (χ1v) is 7.59. The van der Waals surface area contributed by atoms with E-state index in [1.165, 1.54) is 12.1 Å². The lowest BCUT2D eigenvalue weighted by Gasteiger charge is -2.14. The third kappa shape index (κ3) is 3.77. The molecule has 0 aliphatic rings. The van der Waals surface area contributed by atoms with Crippen molar-refractivity contribution < 1.29 is 19.0 Å². The molecule has 0 saturated heterocycles. The summed E-state index contributed by atoms with van der Waals surface area (Å²) in [4.78, 5) is 18.0. The molecule has 0 bridgehead atoms. The fraction of sp³-hybridized carbons (Fsp3) is 0.250. The van der Waals surface area contributed by atoms with Crippen LogP contribution in [0.15, 0.2) is 12.1 Å². The summed E-state index contributed by atoms with van der Waals surface area (Å²) in [5.74, 6) is 0.259. The number of hydrogen-bond donors (Lipinski definition) is 2. The van der Waals surface area contributed by atoms with Crippen molar-refractivity contribution in [3.8, 4) is 11.5 Å². The first-order valence-electron chi connectivity index (χ1n) is 4.21. The van der Waals surface area contributed by atoms with Crippen LogP contribution in [0.4, 0.5) is 0 Å². The van der Waals surface area contributed by atoms with Crippen LogP contribution in [-0.4, -0.2) is 16.4 Å². The fourth-order valence-electron chi connectivity index (χ4n) is 0.990. The van der Waals surface area contributed by atoms with Crippen molar-refractivity contribution in [3.63, 3.8) is 0 Å². The average Bonchev–Trinajstić information content (AvgIpc) is 2.15. The van der Waals surface area contributed by atoms with Gasteiger partial charge < -0.3 is 19.0 Å². The molecule has 0 aromatic heterocycles. The van der Waals surface area contributed by atoms with Gasteiger partial charge in [0.25, 0.3) is 0 Å². The largest absolute Gasteiger partial charge is 0.491 e. The Kier molecular flexibility index (Phi) is 4.86. The summed E-state index contributed by atoms with van der Waals surface area (Å²) in [6.07, 6.45) is 0. The topological polar surface area (TPSA) is 58.9 Å². The van der Waals surface area contributed by atoms with Crippen molar-refractivity contribution in [3.05, 3.63) is 22.2 Å². The van der Waals surface area contributed by atoms with Crippen LogP contribution in [0.25, 0.3) is 0 Å². The molecule has 90 valence electrons. The number of halogens is 2. The van der Waals surface area contributed by atoms with Gasteiger partial charge in [0, 0.05) is 11.8 Å².